The van der Waals surface area contributed by atoms with E-state index in [4.69, 9.17) is 5.11 Å². The van der Waals surface area contributed by atoms with Crippen LogP contribution in [0.3, 0.4) is 0 Å². The van der Waals surface area contributed by atoms with Crippen LogP contribution in [0.15, 0.2) is 160 Å². The number of fused-ring (bicyclic) bond motifs is 2. The van der Waals surface area contributed by atoms with Crippen molar-refractivity contribution in [3.8, 4) is 11.5 Å². The third kappa shape index (κ3) is 6.50. The fraction of sp³-hybridized carbons (Fsp3) is 0.0526. The maximum Gasteiger partial charge on any atom is 0.143 e. The minimum absolute atomic E-state index is 0.0232. The maximum absolute atomic E-state index is 10.8. The third-order valence-electron chi connectivity index (χ3n) is 7.74. The molecule has 0 saturated carbocycles. The summed E-state index contributed by atoms with van der Waals surface area (Å²) in [5.41, 5.74) is 4.25. The first-order chi connectivity index (χ1) is 23.1. The van der Waals surface area contributed by atoms with Crippen LogP contribution in [-0.4, -0.2) is 20.2 Å². The molecular formula is C38H29N7O2. The highest BCUT2D eigenvalue weighted by Crippen LogP contribution is 2.41. The molecule has 0 atom stereocenters. The van der Waals surface area contributed by atoms with Crippen molar-refractivity contribution in [3.05, 3.63) is 151 Å². The van der Waals surface area contributed by atoms with Gasteiger partial charge in [-0.2, -0.15) is 5.11 Å². The van der Waals surface area contributed by atoms with E-state index in [1.165, 1.54) is 0 Å². The molecular weight excluding hydrogens is 586 g/mol. The van der Waals surface area contributed by atoms with Gasteiger partial charge in [0.25, 0.3) is 0 Å². The minimum Gasteiger partial charge on any atom is -0.506 e. The van der Waals surface area contributed by atoms with Crippen LogP contribution in [0.1, 0.15) is 11.4 Å². The van der Waals surface area contributed by atoms with E-state index in [0.29, 0.717) is 35.8 Å². The molecule has 0 fully saturated rings. The Hall–Kier alpha value is -6.48. The average molecular weight is 616 g/mol. The number of aromatic hydroxyl groups is 2. The summed E-state index contributed by atoms with van der Waals surface area (Å²) in [5.74, 6) is 0.0578. The Morgan fingerprint density at radius 1 is 0.511 bits per heavy atom. The van der Waals surface area contributed by atoms with Crippen LogP contribution in [0, 0.1) is 0 Å². The van der Waals surface area contributed by atoms with Crippen molar-refractivity contribution in [2.24, 2.45) is 20.5 Å². The van der Waals surface area contributed by atoms with Crippen molar-refractivity contribution >= 4 is 50.0 Å². The van der Waals surface area contributed by atoms with Crippen LogP contribution in [0.2, 0.25) is 0 Å². The molecule has 0 spiro atoms. The van der Waals surface area contributed by atoms with Gasteiger partial charge >= 0.3 is 0 Å². The van der Waals surface area contributed by atoms with Crippen LogP contribution >= 0.6 is 0 Å². The van der Waals surface area contributed by atoms with Crippen LogP contribution in [-0.2, 0) is 13.1 Å². The van der Waals surface area contributed by atoms with Gasteiger partial charge in [0.2, 0.25) is 0 Å². The second kappa shape index (κ2) is 13.3. The van der Waals surface area contributed by atoms with E-state index in [-0.39, 0.29) is 11.5 Å². The molecule has 228 valence electrons. The lowest BCUT2D eigenvalue weighted by molar-refractivity contribution is 0.476. The number of hydrogen-bond acceptors (Lipinski definition) is 9. The van der Waals surface area contributed by atoms with E-state index in [2.05, 4.69) is 30.2 Å². The molecule has 5 aromatic carbocycles. The highest BCUT2D eigenvalue weighted by Gasteiger charge is 2.16. The molecule has 9 nitrogen and oxygen atoms in total. The molecule has 0 aliphatic carbocycles. The highest BCUT2D eigenvalue weighted by molar-refractivity contribution is 5.96. The smallest absolute Gasteiger partial charge is 0.143 e. The Morgan fingerprint density at radius 3 is 1.60 bits per heavy atom. The van der Waals surface area contributed by atoms with Crippen LogP contribution < -0.4 is 4.90 Å². The zero-order valence-corrected chi connectivity index (χ0v) is 25.2. The van der Waals surface area contributed by atoms with Crippen LogP contribution in [0.5, 0.6) is 11.5 Å². The lowest BCUT2D eigenvalue weighted by Crippen LogP contribution is -2.23. The first kappa shape index (κ1) is 29.2. The molecule has 2 aromatic heterocycles. The molecule has 47 heavy (non-hydrogen) atoms. The molecule has 0 aliphatic heterocycles. The number of phenolic OH excluding ortho intramolecular Hbond substituents is 2. The van der Waals surface area contributed by atoms with E-state index in [0.717, 1.165) is 38.6 Å². The van der Waals surface area contributed by atoms with Gasteiger partial charge in [-0.05, 0) is 65.4 Å². The topological polar surface area (TPSA) is 119 Å². The molecule has 0 bridgehead atoms. The van der Waals surface area contributed by atoms with Crippen molar-refractivity contribution in [2.45, 2.75) is 13.1 Å². The van der Waals surface area contributed by atoms with Crippen molar-refractivity contribution in [2.75, 3.05) is 4.90 Å². The van der Waals surface area contributed by atoms with E-state index < -0.39 is 0 Å². The summed E-state index contributed by atoms with van der Waals surface area (Å²) in [4.78, 5) is 11.2. The Balaban J connectivity index is 1.34. The fourth-order valence-electron chi connectivity index (χ4n) is 5.43. The summed E-state index contributed by atoms with van der Waals surface area (Å²) in [7, 11) is 0. The molecule has 0 unspecified atom stereocenters. The number of phenols is 2. The van der Waals surface area contributed by atoms with Gasteiger partial charge in [-0.25, -0.2) is 0 Å². The monoisotopic (exact) mass is 615 g/mol. The number of nitrogens with zero attached hydrogens (tertiary/aromatic N) is 7. The number of pyridine rings is 2. The van der Waals surface area contributed by atoms with Gasteiger partial charge in [0.1, 0.15) is 28.6 Å². The van der Waals surface area contributed by atoms with Crippen molar-refractivity contribution in [3.63, 3.8) is 0 Å². The largest absolute Gasteiger partial charge is 0.506 e. The van der Waals surface area contributed by atoms with Gasteiger partial charge in [-0.15, -0.1) is 15.3 Å². The number of aromatic nitrogens is 2. The fourth-order valence-corrected chi connectivity index (χ4v) is 5.43. The summed E-state index contributed by atoms with van der Waals surface area (Å²) in [5, 5.41) is 43.1. The summed E-state index contributed by atoms with van der Waals surface area (Å²) < 4.78 is 0. The first-order valence-corrected chi connectivity index (χ1v) is 15.1. The highest BCUT2D eigenvalue weighted by atomic mass is 16.3. The Labute approximate surface area is 270 Å². The average Bonchev–Trinajstić information content (AvgIpc) is 3.11. The number of hydrogen-bond donors (Lipinski definition) is 2. The summed E-state index contributed by atoms with van der Waals surface area (Å²) >= 11 is 0. The van der Waals surface area contributed by atoms with Crippen LogP contribution in [0.25, 0.3) is 21.5 Å². The zero-order chi connectivity index (χ0) is 32.0. The van der Waals surface area contributed by atoms with Gasteiger partial charge in [-0.1, -0.05) is 72.8 Å². The second-order valence-electron chi connectivity index (χ2n) is 10.9. The molecule has 0 aliphatic rings. The van der Waals surface area contributed by atoms with Gasteiger partial charge in [0.15, 0.2) is 0 Å². The summed E-state index contributed by atoms with van der Waals surface area (Å²) in [6, 6.07) is 39.5. The number of anilines is 1. The Kier molecular flexibility index (Phi) is 8.25. The minimum atomic E-state index is 0.0232. The molecule has 9 heteroatoms. The van der Waals surface area contributed by atoms with Gasteiger partial charge in [0.05, 0.1) is 35.9 Å². The molecule has 0 radical (unpaired) electrons. The first-order valence-electron chi connectivity index (χ1n) is 15.1. The van der Waals surface area contributed by atoms with Crippen molar-refractivity contribution in [1.29, 1.82) is 0 Å². The lowest BCUT2D eigenvalue weighted by Gasteiger charge is -2.25. The quantitative estimate of drug-likeness (QED) is 0.157. The van der Waals surface area contributed by atoms with Gasteiger partial charge < -0.3 is 15.1 Å². The SMILES string of the molecule is Oc1ccc2ccccc2c1/N=N/c1ccc(N(Cc2ccccn2)Cc2ccccn2)c(/N=N/c2c(O)ccc3ccccc23)c1. The molecule has 0 amide bonds. The second-order valence-corrected chi connectivity index (χ2v) is 10.9. The van der Waals surface area contributed by atoms with Gasteiger partial charge in [0, 0.05) is 23.2 Å². The summed E-state index contributed by atoms with van der Waals surface area (Å²) in [6.07, 6.45) is 3.54. The predicted molar refractivity (Wildman–Crippen MR) is 184 cm³/mol. The van der Waals surface area contributed by atoms with E-state index in [1.54, 1.807) is 30.6 Å². The number of benzene rings is 5. The number of rotatable bonds is 9. The summed E-state index contributed by atoms with van der Waals surface area (Å²) in [6.45, 7) is 0.953. The van der Waals surface area contributed by atoms with E-state index in [1.807, 2.05) is 109 Å². The predicted octanol–water partition coefficient (Wildman–Crippen LogP) is 10.2. The molecule has 2 heterocycles. The van der Waals surface area contributed by atoms with Crippen LogP contribution in [0.4, 0.5) is 28.4 Å². The third-order valence-corrected chi connectivity index (χ3v) is 7.74. The van der Waals surface area contributed by atoms with Crippen molar-refractivity contribution < 1.29 is 10.2 Å². The standard InChI is InChI=1S/C38H29N7O2/c46-35-19-15-26-9-1-3-13-31(26)37(35)43-41-28-17-18-34(45(24-29-11-5-7-21-39-29)25-30-12-6-8-22-40-30)33(23-28)42-44-38-32-14-4-2-10-27(32)16-20-36(38)47/h1-23,46-47H,24-25H2/b43-41+,44-42+. The number of azo groups is 2. The maximum atomic E-state index is 10.8. The normalized spacial score (nSPS) is 11.6. The molecule has 7 aromatic rings. The van der Waals surface area contributed by atoms with Crippen molar-refractivity contribution in [1.82, 2.24) is 9.97 Å². The van der Waals surface area contributed by atoms with E-state index >= 15 is 0 Å². The molecule has 0 saturated heterocycles. The molecule has 7 rings (SSSR count). The lowest BCUT2D eigenvalue weighted by atomic mass is 10.1. The zero-order valence-electron chi connectivity index (χ0n) is 25.2. The van der Waals surface area contributed by atoms with E-state index in [9.17, 15) is 10.2 Å². The Bertz CT molecular complexity index is 2200. The van der Waals surface area contributed by atoms with Gasteiger partial charge in [-0.3, -0.25) is 9.97 Å². The Morgan fingerprint density at radius 2 is 1.04 bits per heavy atom. The molecule has 2 N–H and O–H groups in total.